The van der Waals surface area contributed by atoms with Crippen LogP contribution in [0.2, 0.25) is 0 Å². The van der Waals surface area contributed by atoms with Gasteiger partial charge in [-0.15, -0.1) is 51.4 Å². The van der Waals surface area contributed by atoms with Crippen LogP contribution in [-0.2, 0) is 23.3 Å². The Hall–Kier alpha value is -1.70. The molecule has 6 aromatic carbocycles. The predicted molar refractivity (Wildman–Crippen MR) is 132 cm³/mol. The van der Waals surface area contributed by atoms with E-state index in [0.717, 1.165) is 0 Å². The Morgan fingerprint density at radius 2 is 1.12 bits per heavy atom. The van der Waals surface area contributed by atoms with Crippen LogP contribution in [0.4, 0.5) is 0 Å². The Morgan fingerprint density at radius 1 is 0.594 bits per heavy atom. The van der Waals surface area contributed by atoms with Gasteiger partial charge in [-0.25, -0.2) is 0 Å². The molecular formula is C28H24Cl2SiZr-2. The van der Waals surface area contributed by atoms with Crippen LogP contribution in [0.3, 0.4) is 0 Å². The third kappa shape index (κ3) is 5.10. The monoisotopic (exact) mass is 548 g/mol. The van der Waals surface area contributed by atoms with Gasteiger partial charge in [-0.3, -0.25) is 0 Å². The second-order valence-electron chi connectivity index (χ2n) is 7.52. The molecule has 0 nitrogen and oxygen atoms in total. The maximum absolute atomic E-state index is 2.30. The average molecular weight is 551 g/mol. The van der Waals surface area contributed by atoms with E-state index in [2.05, 4.69) is 111 Å². The number of hydrogen-bond donors (Lipinski definition) is 0. The van der Waals surface area contributed by atoms with Gasteiger partial charge in [0.1, 0.15) is 0 Å². The SMILES string of the molecule is Cc1[cH-]c2c(ccc3ccccc32)c1C.[Cl-].[Cl-].[SiH2]=[Zr+2].c1ccc2c(c1)ccc1cc[cH-]c12. The molecular weight excluding hydrogens is 527 g/mol. The summed E-state index contributed by atoms with van der Waals surface area (Å²) in [6, 6.07) is 34.6. The Bertz CT molecular complexity index is 1460. The Labute approximate surface area is 218 Å². The van der Waals surface area contributed by atoms with Crippen LogP contribution in [0.15, 0.2) is 97.1 Å². The van der Waals surface area contributed by atoms with Gasteiger partial charge in [0.2, 0.25) is 0 Å². The molecule has 0 aromatic heterocycles. The van der Waals surface area contributed by atoms with Crippen molar-refractivity contribution in [2.45, 2.75) is 13.8 Å². The summed E-state index contributed by atoms with van der Waals surface area (Å²) in [4.78, 5) is 0. The number of rotatable bonds is 0. The van der Waals surface area contributed by atoms with Gasteiger partial charge in [0.25, 0.3) is 0 Å². The van der Waals surface area contributed by atoms with Crippen LogP contribution in [0.1, 0.15) is 11.1 Å². The van der Waals surface area contributed by atoms with E-state index in [9.17, 15) is 0 Å². The smallest absolute Gasteiger partial charge is 0.0606 e. The number of halogens is 2. The first-order valence-corrected chi connectivity index (χ1v) is 16.1. The molecule has 0 amide bonds. The Morgan fingerprint density at radius 3 is 1.78 bits per heavy atom. The van der Waals surface area contributed by atoms with Crippen LogP contribution >= 0.6 is 0 Å². The largest absolute Gasteiger partial charge is 0.168 e. The van der Waals surface area contributed by atoms with Gasteiger partial charge in [0, 0.05) is 0 Å². The molecule has 0 atom stereocenters. The van der Waals surface area contributed by atoms with E-state index >= 15 is 0 Å². The second kappa shape index (κ2) is 12.0. The molecule has 0 aliphatic heterocycles. The number of hydrogen-bond acceptors (Lipinski definition) is 0. The van der Waals surface area contributed by atoms with Crippen molar-refractivity contribution in [3.8, 4) is 0 Å². The van der Waals surface area contributed by atoms with Gasteiger partial charge in [-0.05, 0) is 0 Å². The van der Waals surface area contributed by atoms with E-state index in [0.29, 0.717) is 0 Å². The van der Waals surface area contributed by atoms with Crippen molar-refractivity contribution in [1.29, 1.82) is 0 Å². The van der Waals surface area contributed by atoms with Crippen molar-refractivity contribution >= 4 is 50.0 Å². The van der Waals surface area contributed by atoms with E-state index in [1.807, 2.05) is 6.88 Å². The first-order valence-electron chi connectivity index (χ1n) is 10.2. The normalized spacial score (nSPS) is 10.0. The number of aryl methyl sites for hydroxylation is 2. The van der Waals surface area contributed by atoms with Crippen LogP contribution in [0.25, 0.3) is 43.1 Å². The third-order valence-electron chi connectivity index (χ3n) is 5.87. The summed E-state index contributed by atoms with van der Waals surface area (Å²) in [7, 11) is 0. The van der Waals surface area contributed by atoms with E-state index in [-0.39, 0.29) is 24.8 Å². The maximum atomic E-state index is 2.30. The summed E-state index contributed by atoms with van der Waals surface area (Å²) in [5.74, 6) is 0. The summed E-state index contributed by atoms with van der Waals surface area (Å²) >= 11 is 1.58. The van der Waals surface area contributed by atoms with E-state index < -0.39 is 0 Å². The molecule has 0 radical (unpaired) electrons. The second-order valence-corrected chi connectivity index (χ2v) is 7.52. The van der Waals surface area contributed by atoms with Gasteiger partial charge in [-0.2, -0.15) is 17.7 Å². The van der Waals surface area contributed by atoms with Crippen molar-refractivity contribution in [1.82, 2.24) is 0 Å². The van der Waals surface area contributed by atoms with Gasteiger partial charge in [-0.1, -0.05) is 96.1 Å². The van der Waals surface area contributed by atoms with Crippen molar-refractivity contribution in [3.63, 3.8) is 0 Å². The van der Waals surface area contributed by atoms with Gasteiger partial charge in [0.05, 0.1) is 0 Å². The molecule has 0 heterocycles. The zero-order chi connectivity index (χ0) is 21.1. The molecule has 0 N–H and O–H groups in total. The van der Waals surface area contributed by atoms with Gasteiger partial charge in [0.15, 0.2) is 0 Å². The molecule has 6 aromatic rings. The summed E-state index contributed by atoms with van der Waals surface area (Å²) < 4.78 is 0. The predicted octanol–water partition coefficient (Wildman–Crippen LogP) is 1.13. The van der Waals surface area contributed by atoms with Crippen molar-refractivity contribution < 1.29 is 48.1 Å². The molecule has 0 saturated carbocycles. The fourth-order valence-electron chi connectivity index (χ4n) is 4.21. The molecule has 6 rings (SSSR count). The number of benzene rings is 4. The van der Waals surface area contributed by atoms with E-state index in [1.54, 1.807) is 23.3 Å². The van der Waals surface area contributed by atoms with Gasteiger partial charge < -0.3 is 24.8 Å². The quantitative estimate of drug-likeness (QED) is 0.197. The Balaban J connectivity index is 0.000000201. The molecule has 32 heavy (non-hydrogen) atoms. The zero-order valence-electron chi connectivity index (χ0n) is 18.2. The molecule has 0 saturated heterocycles. The fraction of sp³-hybridized carbons (Fsp3) is 0.0714. The molecule has 0 aliphatic carbocycles. The van der Waals surface area contributed by atoms with Crippen LogP contribution < -0.4 is 24.8 Å². The molecule has 0 unspecified atom stereocenters. The van der Waals surface area contributed by atoms with Crippen molar-refractivity contribution in [2.24, 2.45) is 0 Å². The Kier molecular flexibility index (Phi) is 9.92. The third-order valence-corrected chi connectivity index (χ3v) is 5.87. The first-order chi connectivity index (χ1) is 14.7. The fourth-order valence-corrected chi connectivity index (χ4v) is 4.21. The molecule has 0 aliphatic rings. The minimum Gasteiger partial charge on any atom is -0.168 e. The average Bonchev–Trinajstić information content (AvgIpc) is 3.41. The van der Waals surface area contributed by atoms with Gasteiger partial charge >= 0.3 is 30.2 Å². The van der Waals surface area contributed by atoms with Crippen LogP contribution in [-0.4, -0.2) is 6.88 Å². The minimum absolute atomic E-state index is 0. The zero-order valence-corrected chi connectivity index (χ0v) is 23.6. The topological polar surface area (TPSA) is 0 Å². The maximum Gasteiger partial charge on any atom is -0.0606 e. The summed E-state index contributed by atoms with van der Waals surface area (Å²) in [5, 5.41) is 10.8. The molecule has 0 bridgehead atoms. The summed E-state index contributed by atoms with van der Waals surface area (Å²) in [5.41, 5.74) is 2.80. The van der Waals surface area contributed by atoms with Crippen molar-refractivity contribution in [2.75, 3.05) is 0 Å². The molecule has 4 heteroatoms. The first kappa shape index (κ1) is 26.6. The van der Waals surface area contributed by atoms with Crippen LogP contribution in [0, 0.1) is 13.8 Å². The molecule has 0 fully saturated rings. The summed E-state index contributed by atoms with van der Waals surface area (Å²) in [6.45, 7) is 6.34. The molecule has 160 valence electrons. The number of fused-ring (bicyclic) bond motifs is 6. The van der Waals surface area contributed by atoms with Crippen molar-refractivity contribution in [3.05, 3.63) is 108 Å². The summed E-state index contributed by atoms with van der Waals surface area (Å²) in [6.07, 6.45) is 0. The standard InChI is InChI=1S/C15H13.C13H9.2ClH.H2Si.Zr/c1-10-9-15-13(11(10)2)8-7-12-5-3-4-6-14(12)15;1-2-6-12-10(4-1)8-9-11-5-3-7-13(11)12;;;;/h3-9H,1-2H3;1-9H;2*1H;1H2;/q2*-1;;;;+2/p-2. The minimum atomic E-state index is 0. The van der Waals surface area contributed by atoms with E-state index in [1.165, 1.54) is 54.2 Å². The van der Waals surface area contributed by atoms with Crippen LogP contribution in [0.5, 0.6) is 0 Å². The van der Waals surface area contributed by atoms with E-state index in [4.69, 9.17) is 0 Å². The molecule has 0 spiro atoms.